The van der Waals surface area contributed by atoms with Crippen LogP contribution < -0.4 is 11.2 Å². The van der Waals surface area contributed by atoms with E-state index in [-0.39, 0.29) is 6.17 Å². The average molecular weight is 617 g/mol. The van der Waals surface area contributed by atoms with Gasteiger partial charge in [0.15, 0.2) is 12.1 Å². The second-order valence-corrected chi connectivity index (χ2v) is 13.3. The standard InChI is InChI=1S/C29H54N13S/c1-34(13-10-30-26-35(2)14-15-36(26)3)25(24-33-28-39(6)18-19-40(28)7)42(9)21-20-41(8)29(42)32-12-23-43-22-11-31-27-37(4)16-17-38(27)5/h14-15,18-19,25H,10-13,16-17,20-24H2,1-9H3/q+1. The van der Waals surface area contributed by atoms with Crippen LogP contribution in [0.4, 0.5) is 0 Å². The molecule has 2 aromatic rings. The van der Waals surface area contributed by atoms with Crippen LogP contribution >= 0.6 is 11.8 Å². The minimum Gasteiger partial charge on any atom is -0.344 e. The van der Waals surface area contributed by atoms with Crippen LogP contribution in [0.5, 0.6) is 0 Å². The van der Waals surface area contributed by atoms with Crippen LogP contribution in [-0.2, 0) is 28.2 Å². The summed E-state index contributed by atoms with van der Waals surface area (Å²) in [6.07, 6.45) is 8.31. The molecule has 4 heterocycles. The molecular formula is C29H54N13S+. The molecule has 4 rings (SSSR count). The molecule has 13 nitrogen and oxygen atoms in total. The number of rotatable bonds is 13. The Bertz CT molecular complexity index is 1340. The van der Waals surface area contributed by atoms with Crippen molar-refractivity contribution in [3.8, 4) is 0 Å². The van der Waals surface area contributed by atoms with Crippen LogP contribution in [0.25, 0.3) is 0 Å². The van der Waals surface area contributed by atoms with Gasteiger partial charge in [-0.1, -0.05) is 0 Å². The first-order valence-electron chi connectivity index (χ1n) is 15.3. The molecular weight excluding hydrogens is 562 g/mol. The van der Waals surface area contributed by atoms with E-state index in [2.05, 4.69) is 99.6 Å². The average Bonchev–Trinajstić information content (AvgIpc) is 3.67. The van der Waals surface area contributed by atoms with Crippen molar-refractivity contribution in [3.63, 3.8) is 0 Å². The number of nitrogens with zero attached hydrogens (tertiary/aromatic N) is 13. The first-order chi connectivity index (χ1) is 20.5. The third-order valence-corrected chi connectivity index (χ3v) is 9.63. The van der Waals surface area contributed by atoms with E-state index < -0.39 is 0 Å². The van der Waals surface area contributed by atoms with Crippen molar-refractivity contribution >= 4 is 23.7 Å². The van der Waals surface area contributed by atoms with Gasteiger partial charge >= 0.3 is 5.96 Å². The van der Waals surface area contributed by atoms with Crippen molar-refractivity contribution in [2.24, 2.45) is 48.2 Å². The molecule has 240 valence electrons. The molecule has 0 spiro atoms. The number of imidazole rings is 2. The number of thioether (sulfide) groups is 1. The Morgan fingerprint density at radius 3 is 1.84 bits per heavy atom. The van der Waals surface area contributed by atoms with E-state index in [1.54, 1.807) is 0 Å². The van der Waals surface area contributed by atoms with Crippen LogP contribution in [0.3, 0.4) is 0 Å². The third kappa shape index (κ3) is 7.76. The highest BCUT2D eigenvalue weighted by Crippen LogP contribution is 2.23. The predicted octanol–water partition coefficient (Wildman–Crippen LogP) is -0.485. The summed E-state index contributed by atoms with van der Waals surface area (Å²) in [7, 11) is 19.1. The Kier molecular flexibility index (Phi) is 11.2. The normalized spacial score (nSPS) is 20.7. The lowest BCUT2D eigenvalue weighted by atomic mass is 10.3. The van der Waals surface area contributed by atoms with Crippen molar-refractivity contribution in [2.75, 3.05) is 106 Å². The number of aryl methyl sites for hydroxylation is 4. The van der Waals surface area contributed by atoms with E-state index in [0.29, 0.717) is 13.1 Å². The number of hydrogen-bond acceptors (Lipinski definition) is 6. The molecule has 0 aliphatic carbocycles. The Labute approximate surface area is 261 Å². The number of guanidine groups is 2. The maximum absolute atomic E-state index is 5.22. The number of aromatic nitrogens is 4. The lowest BCUT2D eigenvalue weighted by Crippen LogP contribution is -2.63. The molecule has 2 aliphatic rings. The lowest BCUT2D eigenvalue weighted by molar-refractivity contribution is -0.853. The summed E-state index contributed by atoms with van der Waals surface area (Å²) in [5.41, 5.74) is 1.94. The Balaban J connectivity index is 1.46. The molecule has 0 amide bonds. The van der Waals surface area contributed by atoms with Gasteiger partial charge < -0.3 is 33.0 Å². The molecule has 2 unspecified atom stereocenters. The molecule has 2 fully saturated rings. The van der Waals surface area contributed by atoms with Gasteiger partial charge in [-0.15, -0.1) is 0 Å². The molecule has 43 heavy (non-hydrogen) atoms. The molecule has 2 atom stereocenters. The molecule has 2 aliphatic heterocycles. The van der Waals surface area contributed by atoms with Gasteiger partial charge in [0.05, 0.1) is 33.2 Å². The van der Waals surface area contributed by atoms with E-state index in [1.165, 1.54) is 0 Å². The summed E-state index contributed by atoms with van der Waals surface area (Å²) in [5, 5.41) is 0. The van der Waals surface area contributed by atoms with Gasteiger partial charge in [0.25, 0.3) is 0 Å². The zero-order valence-electron chi connectivity index (χ0n) is 27.9. The van der Waals surface area contributed by atoms with Gasteiger partial charge in [-0.2, -0.15) is 11.8 Å². The summed E-state index contributed by atoms with van der Waals surface area (Å²) in [6.45, 7) is 7.94. The van der Waals surface area contributed by atoms with Gasteiger partial charge in [0.2, 0.25) is 11.2 Å². The molecule has 14 heteroatoms. The fraction of sp³-hybridized carbons (Fsp3) is 0.724. The SMILES string of the molecule is CN1CCN(C)C1=NCCSCCN=C1N(C)CC[N+]1(C)C(CN=c1n(C)ccn1C)N(C)CCN=c1n(C)ccn1C. The van der Waals surface area contributed by atoms with Gasteiger partial charge in [-0.05, 0) is 7.05 Å². The smallest absolute Gasteiger partial charge is 0.301 e. The third-order valence-electron chi connectivity index (χ3n) is 8.69. The van der Waals surface area contributed by atoms with Crippen LogP contribution in [0, 0.1) is 0 Å². The van der Waals surface area contributed by atoms with Crippen molar-refractivity contribution in [3.05, 3.63) is 36.0 Å². The number of quaternary nitrogens is 1. The number of likely N-dealkylation sites (N-methyl/N-ethyl adjacent to an activating group) is 5. The van der Waals surface area contributed by atoms with Crippen LogP contribution in [-0.4, -0.2) is 166 Å². The highest BCUT2D eigenvalue weighted by Gasteiger charge is 2.47. The van der Waals surface area contributed by atoms with Crippen molar-refractivity contribution in [2.45, 2.75) is 6.17 Å². The first kappa shape index (κ1) is 32.9. The zero-order valence-corrected chi connectivity index (χ0v) is 28.7. The molecule has 0 saturated carbocycles. The van der Waals surface area contributed by atoms with Gasteiger partial charge in [-0.25, -0.2) is 14.5 Å². The molecule has 2 saturated heterocycles. The highest BCUT2D eigenvalue weighted by molar-refractivity contribution is 7.99. The van der Waals surface area contributed by atoms with Crippen LogP contribution in [0.1, 0.15) is 0 Å². The second-order valence-electron chi connectivity index (χ2n) is 12.1. The monoisotopic (exact) mass is 616 g/mol. The summed E-state index contributed by atoms with van der Waals surface area (Å²) in [5.74, 6) is 4.25. The van der Waals surface area contributed by atoms with E-state index in [9.17, 15) is 0 Å². The van der Waals surface area contributed by atoms with Gasteiger partial charge in [0, 0.05) is 105 Å². The lowest BCUT2D eigenvalue weighted by Gasteiger charge is -2.40. The van der Waals surface area contributed by atoms with E-state index >= 15 is 0 Å². The van der Waals surface area contributed by atoms with E-state index in [0.717, 1.165) is 85.0 Å². The van der Waals surface area contributed by atoms with Crippen molar-refractivity contribution in [1.82, 2.24) is 37.9 Å². The number of hydrogen-bond donors (Lipinski definition) is 0. The fourth-order valence-electron chi connectivity index (χ4n) is 6.05. The Hall–Kier alpha value is -2.97. The molecule has 0 radical (unpaired) electrons. The second kappa shape index (κ2) is 14.7. The summed E-state index contributed by atoms with van der Waals surface area (Å²) >= 11 is 1.93. The van der Waals surface area contributed by atoms with Crippen molar-refractivity contribution in [1.29, 1.82) is 0 Å². The number of aliphatic imine (C=N–C) groups is 2. The maximum Gasteiger partial charge on any atom is 0.301 e. The molecule has 0 N–H and O–H groups in total. The molecule has 0 bridgehead atoms. The minimum atomic E-state index is 0.125. The van der Waals surface area contributed by atoms with Gasteiger partial charge in [0.1, 0.15) is 13.1 Å². The summed E-state index contributed by atoms with van der Waals surface area (Å²) in [4.78, 5) is 29.3. The molecule has 2 aromatic heterocycles. The van der Waals surface area contributed by atoms with Crippen LogP contribution in [0.15, 0.2) is 44.8 Å². The summed E-state index contributed by atoms with van der Waals surface area (Å²) < 4.78 is 9.02. The van der Waals surface area contributed by atoms with Crippen molar-refractivity contribution < 1.29 is 4.48 Å². The van der Waals surface area contributed by atoms with E-state index in [4.69, 9.17) is 20.0 Å². The Morgan fingerprint density at radius 1 is 0.721 bits per heavy atom. The highest BCUT2D eigenvalue weighted by atomic mass is 32.2. The van der Waals surface area contributed by atoms with E-state index in [1.807, 2.05) is 38.3 Å². The topological polar surface area (TPSA) is 82.1 Å². The largest absolute Gasteiger partial charge is 0.344 e. The van der Waals surface area contributed by atoms with Crippen LogP contribution in [0.2, 0.25) is 0 Å². The fourth-order valence-corrected chi connectivity index (χ4v) is 6.70. The minimum absolute atomic E-state index is 0.125. The predicted molar refractivity (Wildman–Crippen MR) is 177 cm³/mol. The molecule has 0 aromatic carbocycles. The quantitative estimate of drug-likeness (QED) is 0.224. The van der Waals surface area contributed by atoms with Gasteiger partial charge in [-0.3, -0.25) is 14.9 Å². The Morgan fingerprint density at radius 2 is 1.26 bits per heavy atom. The summed E-state index contributed by atoms with van der Waals surface area (Å²) in [6, 6.07) is 0. The maximum atomic E-state index is 5.22. The first-order valence-corrected chi connectivity index (χ1v) is 16.4. The zero-order chi connectivity index (χ0) is 31.1.